The zero-order valence-electron chi connectivity index (χ0n) is 9.28. The van der Waals surface area contributed by atoms with Crippen LogP contribution in [-0.2, 0) is 0 Å². The third kappa shape index (κ3) is 3.77. The van der Waals surface area contributed by atoms with Gasteiger partial charge >= 0.3 is 0 Å². The van der Waals surface area contributed by atoms with E-state index in [1.165, 1.54) is 6.33 Å². The number of thioether (sulfide) groups is 1. The Morgan fingerprint density at radius 2 is 2.00 bits per heavy atom. The number of nitrogens with zero attached hydrogens (tertiary/aromatic N) is 2. The predicted octanol–water partition coefficient (Wildman–Crippen LogP) is 4.95. The molecule has 0 aliphatic heterocycles. The zero-order valence-corrected chi connectivity index (χ0v) is 12.4. The highest BCUT2D eigenvalue weighted by molar-refractivity contribution is 9.10. The molecule has 0 atom stereocenters. The molecule has 19 heavy (non-hydrogen) atoms. The summed E-state index contributed by atoms with van der Waals surface area (Å²) in [5.74, 6) is -2.07. The van der Waals surface area contributed by atoms with Gasteiger partial charge in [0, 0.05) is 4.90 Å². The highest BCUT2D eigenvalue weighted by Crippen LogP contribution is 2.35. The lowest BCUT2D eigenvalue weighted by Gasteiger charge is -2.11. The van der Waals surface area contributed by atoms with E-state index in [1.54, 1.807) is 24.3 Å². The maximum Gasteiger partial charge on any atom is 0.288 e. The van der Waals surface area contributed by atoms with Crippen LogP contribution in [0.15, 0.2) is 40.0 Å². The minimum absolute atomic E-state index is 0.247. The molecule has 100 valence electrons. The minimum atomic E-state index is -2.49. The van der Waals surface area contributed by atoms with Gasteiger partial charge in [-0.25, -0.2) is 9.97 Å². The van der Waals surface area contributed by atoms with Gasteiger partial charge in [-0.05, 0) is 28.1 Å². The van der Waals surface area contributed by atoms with Gasteiger partial charge in [0.15, 0.2) is 0 Å². The van der Waals surface area contributed by atoms with E-state index in [9.17, 15) is 8.78 Å². The van der Waals surface area contributed by atoms with Crippen molar-refractivity contribution in [3.05, 3.63) is 40.2 Å². The van der Waals surface area contributed by atoms with Crippen molar-refractivity contribution in [3.63, 3.8) is 0 Å². The number of para-hydroxylation sites is 1. The molecule has 8 heteroatoms. The van der Waals surface area contributed by atoms with Crippen LogP contribution in [0.25, 0.3) is 0 Å². The number of alkyl halides is 2. The molecule has 0 radical (unpaired) electrons. The predicted molar refractivity (Wildman–Crippen MR) is 76.3 cm³/mol. The van der Waals surface area contributed by atoms with E-state index in [0.29, 0.717) is 32.6 Å². The highest BCUT2D eigenvalue weighted by atomic mass is 79.9. The summed E-state index contributed by atoms with van der Waals surface area (Å²) in [6.07, 6.45) is 1.29. The van der Waals surface area contributed by atoms with Crippen molar-refractivity contribution in [3.8, 4) is 0 Å². The lowest BCUT2D eigenvalue weighted by atomic mass is 10.3. The van der Waals surface area contributed by atoms with Crippen LogP contribution in [0, 0.1) is 0 Å². The molecule has 0 saturated carbocycles. The second-order valence-corrected chi connectivity index (χ2v) is 5.51. The van der Waals surface area contributed by atoms with Crippen LogP contribution in [0.1, 0.15) is 0 Å². The van der Waals surface area contributed by atoms with Gasteiger partial charge in [0.1, 0.15) is 17.3 Å². The van der Waals surface area contributed by atoms with Gasteiger partial charge in [-0.15, -0.1) is 0 Å². The molecule has 2 rings (SSSR count). The molecule has 3 nitrogen and oxygen atoms in total. The molecule has 0 aliphatic rings. The molecule has 1 aromatic carbocycles. The number of hydrogen-bond donors (Lipinski definition) is 1. The van der Waals surface area contributed by atoms with E-state index in [0.717, 1.165) is 0 Å². The average molecular weight is 367 g/mol. The van der Waals surface area contributed by atoms with Crippen molar-refractivity contribution >= 4 is 50.8 Å². The van der Waals surface area contributed by atoms with Crippen molar-refractivity contribution < 1.29 is 8.78 Å². The monoisotopic (exact) mass is 365 g/mol. The van der Waals surface area contributed by atoms with Crippen LogP contribution in [-0.4, -0.2) is 15.7 Å². The summed E-state index contributed by atoms with van der Waals surface area (Å²) < 4.78 is 25.4. The average Bonchev–Trinajstić information content (AvgIpc) is 2.36. The van der Waals surface area contributed by atoms with E-state index < -0.39 is 5.76 Å². The van der Waals surface area contributed by atoms with Gasteiger partial charge < -0.3 is 5.32 Å². The Morgan fingerprint density at radius 1 is 1.26 bits per heavy atom. The zero-order chi connectivity index (χ0) is 13.8. The van der Waals surface area contributed by atoms with E-state index in [-0.39, 0.29) is 5.15 Å². The van der Waals surface area contributed by atoms with Crippen molar-refractivity contribution in [2.75, 3.05) is 5.32 Å². The summed E-state index contributed by atoms with van der Waals surface area (Å²) in [5.41, 5.74) is 0.531. The van der Waals surface area contributed by atoms with E-state index >= 15 is 0 Å². The number of nitrogens with one attached hydrogen (secondary N) is 1. The minimum Gasteiger partial charge on any atom is -0.338 e. The molecule has 0 unspecified atom stereocenters. The number of halogens is 4. The van der Waals surface area contributed by atoms with Crippen LogP contribution >= 0.6 is 39.3 Å². The first kappa shape index (κ1) is 14.5. The molecule has 0 fully saturated rings. The van der Waals surface area contributed by atoms with Gasteiger partial charge in [0.05, 0.1) is 10.2 Å². The highest BCUT2D eigenvalue weighted by Gasteiger charge is 2.12. The third-order valence-electron chi connectivity index (χ3n) is 2.10. The lowest BCUT2D eigenvalue weighted by molar-refractivity contribution is 0.252. The first-order valence-electron chi connectivity index (χ1n) is 5.05. The molecule has 0 saturated heterocycles. The molecular formula is C11H7BrClF2N3S. The second-order valence-electron chi connectivity index (χ2n) is 3.33. The second kappa shape index (κ2) is 6.49. The summed E-state index contributed by atoms with van der Waals surface area (Å²) in [5, 5.41) is 3.20. The molecule has 1 aromatic heterocycles. The van der Waals surface area contributed by atoms with Crippen LogP contribution in [0.4, 0.5) is 20.3 Å². The fourth-order valence-corrected chi connectivity index (χ4v) is 2.36. The molecule has 0 spiro atoms. The third-order valence-corrected chi connectivity index (χ3v) is 4.16. The Morgan fingerprint density at radius 3 is 2.74 bits per heavy atom. The Hall–Kier alpha value is -0.920. The standard InChI is InChI=1S/C11H7BrClF2N3S/c12-8-9(13)16-5-17-10(8)18-6-3-1-2-4-7(6)19-11(14)15/h1-5,11H,(H,16,17,18). The molecule has 0 bridgehead atoms. The van der Waals surface area contributed by atoms with Gasteiger partial charge in [-0.3, -0.25) is 0 Å². The molecular weight excluding hydrogens is 360 g/mol. The molecule has 1 N–H and O–H groups in total. The number of rotatable bonds is 4. The summed E-state index contributed by atoms with van der Waals surface area (Å²) in [6, 6.07) is 6.73. The Labute approximate surface area is 125 Å². The largest absolute Gasteiger partial charge is 0.338 e. The Kier molecular flexibility index (Phi) is 4.95. The summed E-state index contributed by atoms with van der Waals surface area (Å²) in [7, 11) is 0. The topological polar surface area (TPSA) is 37.8 Å². The lowest BCUT2D eigenvalue weighted by Crippen LogP contribution is -1.98. The number of benzene rings is 1. The number of aromatic nitrogens is 2. The van der Waals surface area contributed by atoms with Crippen LogP contribution in [0.5, 0.6) is 0 Å². The molecule has 0 aliphatic carbocycles. The van der Waals surface area contributed by atoms with Gasteiger partial charge in [-0.2, -0.15) is 8.78 Å². The van der Waals surface area contributed by atoms with Crippen LogP contribution in [0.3, 0.4) is 0 Å². The maximum absolute atomic E-state index is 12.5. The maximum atomic E-state index is 12.5. The van der Waals surface area contributed by atoms with Gasteiger partial charge in [0.25, 0.3) is 5.76 Å². The van der Waals surface area contributed by atoms with E-state index in [4.69, 9.17) is 11.6 Å². The Bertz CT molecular complexity index is 586. The summed E-state index contributed by atoms with van der Waals surface area (Å²) in [4.78, 5) is 8.23. The quantitative estimate of drug-likeness (QED) is 0.613. The SMILES string of the molecule is FC(F)Sc1ccccc1Nc1ncnc(Cl)c1Br. The van der Waals surface area contributed by atoms with Crippen molar-refractivity contribution in [2.45, 2.75) is 10.7 Å². The number of anilines is 2. The summed E-state index contributed by atoms with van der Waals surface area (Å²) in [6.45, 7) is 0. The Balaban J connectivity index is 2.30. The van der Waals surface area contributed by atoms with Gasteiger partial charge in [-0.1, -0.05) is 35.5 Å². The van der Waals surface area contributed by atoms with E-state index in [1.807, 2.05) is 0 Å². The molecule has 1 heterocycles. The first-order valence-corrected chi connectivity index (χ1v) is 7.10. The normalized spacial score (nSPS) is 10.8. The van der Waals surface area contributed by atoms with Crippen molar-refractivity contribution in [2.24, 2.45) is 0 Å². The van der Waals surface area contributed by atoms with Gasteiger partial charge in [0.2, 0.25) is 0 Å². The van der Waals surface area contributed by atoms with E-state index in [2.05, 4.69) is 31.2 Å². The van der Waals surface area contributed by atoms with Crippen molar-refractivity contribution in [1.82, 2.24) is 9.97 Å². The molecule has 2 aromatic rings. The smallest absolute Gasteiger partial charge is 0.288 e. The molecule has 0 amide bonds. The first-order chi connectivity index (χ1) is 9.08. The number of hydrogen-bond acceptors (Lipinski definition) is 4. The van der Waals surface area contributed by atoms with Crippen LogP contribution in [0.2, 0.25) is 5.15 Å². The fraction of sp³-hybridized carbons (Fsp3) is 0.0909. The fourth-order valence-electron chi connectivity index (χ4n) is 1.33. The summed E-state index contributed by atoms with van der Waals surface area (Å²) >= 11 is 9.55. The van der Waals surface area contributed by atoms with Crippen LogP contribution < -0.4 is 5.32 Å². The van der Waals surface area contributed by atoms with Crippen molar-refractivity contribution in [1.29, 1.82) is 0 Å².